The minimum Gasteiger partial charge on any atom is -0.378 e. The second-order valence-electron chi connectivity index (χ2n) is 7.91. The molecule has 1 aliphatic rings. The van der Waals surface area contributed by atoms with Crippen LogP contribution in [0.5, 0.6) is 0 Å². The Bertz CT molecular complexity index is 895. The van der Waals surface area contributed by atoms with E-state index in [9.17, 15) is 9.59 Å². The number of pyridine rings is 1. The zero-order chi connectivity index (χ0) is 21.1. The van der Waals surface area contributed by atoms with Crippen LogP contribution in [-0.2, 0) is 16.1 Å². The van der Waals surface area contributed by atoms with Crippen molar-refractivity contribution in [1.82, 2.24) is 10.3 Å². The van der Waals surface area contributed by atoms with E-state index in [2.05, 4.69) is 15.6 Å². The number of hydrogen-bond acceptors (Lipinski definition) is 5. The minimum absolute atomic E-state index is 0. The molecule has 0 spiro atoms. The van der Waals surface area contributed by atoms with Crippen LogP contribution in [0.4, 0.5) is 5.69 Å². The van der Waals surface area contributed by atoms with Gasteiger partial charge in [-0.1, -0.05) is 26.0 Å². The van der Waals surface area contributed by atoms with Crippen molar-refractivity contribution < 1.29 is 14.3 Å². The van der Waals surface area contributed by atoms with Crippen molar-refractivity contribution in [2.24, 2.45) is 11.1 Å². The number of halogens is 2. The number of anilines is 1. The first kappa shape index (κ1) is 26.8. The summed E-state index contributed by atoms with van der Waals surface area (Å²) in [5.74, 6) is -0.405. The highest BCUT2D eigenvalue weighted by atomic mass is 35.5. The number of aromatic nitrogens is 1. The van der Waals surface area contributed by atoms with Crippen LogP contribution in [0, 0.1) is 5.41 Å². The average Bonchev–Trinajstić information content (AvgIpc) is 2.72. The SMILES string of the molecule is CCOC1CC(N)(C(=O)NCc2cccc(NC(=O)c3ccncc3)c2)C1(C)C.Cl.Cl. The topological polar surface area (TPSA) is 106 Å². The lowest BCUT2D eigenvalue weighted by Gasteiger charge is -2.57. The van der Waals surface area contributed by atoms with Crippen LogP contribution in [0.15, 0.2) is 48.8 Å². The molecular weight excluding hydrogens is 439 g/mol. The maximum atomic E-state index is 12.8. The van der Waals surface area contributed by atoms with Crippen LogP contribution in [0.3, 0.4) is 0 Å². The molecule has 2 unspecified atom stereocenters. The molecule has 9 heteroatoms. The lowest BCUT2D eigenvalue weighted by Crippen LogP contribution is -2.75. The third kappa shape index (κ3) is 5.54. The van der Waals surface area contributed by atoms with Gasteiger partial charge in [0, 0.05) is 48.6 Å². The van der Waals surface area contributed by atoms with Crippen molar-refractivity contribution in [2.75, 3.05) is 11.9 Å². The van der Waals surface area contributed by atoms with Crippen LogP contribution in [-0.4, -0.2) is 35.0 Å². The first-order valence-corrected chi connectivity index (χ1v) is 9.77. The van der Waals surface area contributed by atoms with Gasteiger partial charge in [0.1, 0.15) is 5.54 Å². The molecule has 1 aliphatic carbocycles. The van der Waals surface area contributed by atoms with Crippen molar-refractivity contribution in [3.63, 3.8) is 0 Å². The number of carbonyl (C=O) groups is 2. The molecule has 1 heterocycles. The first-order valence-electron chi connectivity index (χ1n) is 9.77. The maximum Gasteiger partial charge on any atom is 0.255 e. The first-order chi connectivity index (χ1) is 13.8. The number of ether oxygens (including phenoxy) is 1. The van der Waals surface area contributed by atoms with Crippen LogP contribution in [0.1, 0.15) is 43.1 Å². The summed E-state index contributed by atoms with van der Waals surface area (Å²) in [6, 6.07) is 10.7. The number of amides is 2. The number of rotatable bonds is 7. The zero-order valence-corrected chi connectivity index (χ0v) is 19.5. The third-order valence-corrected chi connectivity index (χ3v) is 5.82. The standard InChI is InChI=1S/C22H28N4O3.2ClH/c1-4-29-18-13-22(23,21(18,2)3)20(28)25-14-15-6-5-7-17(12-15)26-19(27)16-8-10-24-11-9-16;;/h5-12,18H,4,13-14,23H2,1-3H3,(H,25,28)(H,26,27);2*1H. The molecule has 170 valence electrons. The van der Waals surface area contributed by atoms with Crippen LogP contribution < -0.4 is 16.4 Å². The molecule has 3 rings (SSSR count). The summed E-state index contributed by atoms with van der Waals surface area (Å²) in [5.41, 5.74) is 7.07. The fourth-order valence-electron chi connectivity index (χ4n) is 3.63. The summed E-state index contributed by atoms with van der Waals surface area (Å²) in [7, 11) is 0. The molecule has 2 aromatic rings. The fraction of sp³-hybridized carbons (Fsp3) is 0.409. The highest BCUT2D eigenvalue weighted by Crippen LogP contribution is 2.49. The monoisotopic (exact) mass is 468 g/mol. The minimum atomic E-state index is -0.958. The second kappa shape index (κ2) is 10.9. The molecule has 7 nitrogen and oxygen atoms in total. The molecule has 2 amide bonds. The fourth-order valence-corrected chi connectivity index (χ4v) is 3.63. The van der Waals surface area contributed by atoms with Crippen molar-refractivity contribution in [2.45, 2.75) is 45.4 Å². The van der Waals surface area contributed by atoms with Gasteiger partial charge in [-0.2, -0.15) is 0 Å². The molecule has 1 aromatic carbocycles. The molecule has 0 saturated heterocycles. The highest BCUT2D eigenvalue weighted by molar-refractivity contribution is 6.04. The van der Waals surface area contributed by atoms with Gasteiger partial charge in [-0.15, -0.1) is 24.8 Å². The molecule has 31 heavy (non-hydrogen) atoms. The van der Waals surface area contributed by atoms with Crippen molar-refractivity contribution in [1.29, 1.82) is 0 Å². The van der Waals surface area contributed by atoms with E-state index in [1.165, 1.54) is 0 Å². The molecule has 1 aromatic heterocycles. The molecular formula is C22H30Cl2N4O3. The Morgan fingerprint density at radius 2 is 1.87 bits per heavy atom. The molecule has 4 N–H and O–H groups in total. The Morgan fingerprint density at radius 3 is 2.48 bits per heavy atom. The number of nitrogens with zero attached hydrogens (tertiary/aromatic N) is 1. The Kier molecular flexibility index (Phi) is 9.44. The Balaban J connectivity index is 0.00000240. The van der Waals surface area contributed by atoms with Gasteiger partial charge in [-0.05, 0) is 36.8 Å². The van der Waals surface area contributed by atoms with E-state index < -0.39 is 11.0 Å². The van der Waals surface area contributed by atoms with E-state index in [0.29, 0.717) is 30.8 Å². The molecule has 0 bridgehead atoms. The predicted molar refractivity (Wildman–Crippen MR) is 126 cm³/mol. The summed E-state index contributed by atoms with van der Waals surface area (Å²) >= 11 is 0. The number of carbonyl (C=O) groups excluding carboxylic acids is 2. The van der Waals surface area contributed by atoms with E-state index in [4.69, 9.17) is 10.5 Å². The number of nitrogens with two attached hydrogens (primary N) is 1. The van der Waals surface area contributed by atoms with E-state index in [-0.39, 0.29) is 42.7 Å². The third-order valence-electron chi connectivity index (χ3n) is 5.82. The van der Waals surface area contributed by atoms with E-state index in [1.807, 2.05) is 39.0 Å². The quantitative estimate of drug-likeness (QED) is 0.577. The average molecular weight is 469 g/mol. The summed E-state index contributed by atoms with van der Waals surface area (Å²) < 4.78 is 5.69. The second-order valence-corrected chi connectivity index (χ2v) is 7.91. The molecule has 1 saturated carbocycles. The Morgan fingerprint density at radius 1 is 1.19 bits per heavy atom. The smallest absolute Gasteiger partial charge is 0.255 e. The molecule has 0 radical (unpaired) electrons. The van der Waals surface area contributed by atoms with Gasteiger partial charge in [0.2, 0.25) is 5.91 Å². The van der Waals surface area contributed by atoms with Gasteiger partial charge >= 0.3 is 0 Å². The van der Waals surface area contributed by atoms with Crippen molar-refractivity contribution >= 4 is 42.3 Å². The molecule has 1 fully saturated rings. The van der Waals surface area contributed by atoms with Gasteiger partial charge in [0.15, 0.2) is 0 Å². The maximum absolute atomic E-state index is 12.8. The van der Waals surface area contributed by atoms with Gasteiger partial charge in [0.25, 0.3) is 5.91 Å². The summed E-state index contributed by atoms with van der Waals surface area (Å²) in [4.78, 5) is 29.0. The van der Waals surface area contributed by atoms with Gasteiger partial charge in [0.05, 0.1) is 6.10 Å². The largest absolute Gasteiger partial charge is 0.378 e. The zero-order valence-electron chi connectivity index (χ0n) is 17.9. The Labute approximate surface area is 195 Å². The van der Waals surface area contributed by atoms with Crippen LogP contribution in [0.2, 0.25) is 0 Å². The summed E-state index contributed by atoms with van der Waals surface area (Å²) in [6.45, 7) is 6.79. The van der Waals surface area contributed by atoms with Crippen LogP contribution >= 0.6 is 24.8 Å². The lowest BCUT2D eigenvalue weighted by molar-refractivity contribution is -0.170. The van der Waals surface area contributed by atoms with Gasteiger partial charge in [-0.25, -0.2) is 0 Å². The normalized spacial score (nSPS) is 21.0. The summed E-state index contributed by atoms with van der Waals surface area (Å²) in [5, 5.41) is 5.78. The van der Waals surface area contributed by atoms with E-state index in [1.54, 1.807) is 30.6 Å². The summed E-state index contributed by atoms with van der Waals surface area (Å²) in [6.07, 6.45) is 3.63. The van der Waals surface area contributed by atoms with Crippen molar-refractivity contribution in [3.05, 3.63) is 59.9 Å². The molecule has 0 aliphatic heterocycles. The van der Waals surface area contributed by atoms with Crippen LogP contribution in [0.25, 0.3) is 0 Å². The number of benzene rings is 1. The van der Waals surface area contributed by atoms with Gasteiger partial charge < -0.3 is 21.1 Å². The van der Waals surface area contributed by atoms with Crippen molar-refractivity contribution in [3.8, 4) is 0 Å². The number of hydrogen-bond donors (Lipinski definition) is 3. The van der Waals surface area contributed by atoms with Gasteiger partial charge in [-0.3, -0.25) is 14.6 Å². The lowest BCUT2D eigenvalue weighted by atomic mass is 9.54. The Hall–Kier alpha value is -2.19. The number of nitrogens with one attached hydrogen (secondary N) is 2. The van der Waals surface area contributed by atoms with E-state index in [0.717, 1.165) is 5.56 Å². The predicted octanol–water partition coefficient (Wildman–Crippen LogP) is 3.33. The highest BCUT2D eigenvalue weighted by Gasteiger charge is 2.62. The van der Waals surface area contributed by atoms with E-state index >= 15 is 0 Å². The molecule has 2 atom stereocenters.